The van der Waals surface area contributed by atoms with Gasteiger partial charge in [-0.1, -0.05) is 53.9 Å². The van der Waals surface area contributed by atoms with Crippen molar-refractivity contribution in [1.29, 1.82) is 0 Å². The first-order valence-corrected chi connectivity index (χ1v) is 11.2. The van der Waals surface area contributed by atoms with E-state index < -0.39 is 0 Å². The molecule has 2 aromatic carbocycles. The number of nitrogens with zero attached hydrogens (tertiary/aromatic N) is 3. The van der Waals surface area contributed by atoms with Crippen molar-refractivity contribution in [1.82, 2.24) is 5.43 Å². The summed E-state index contributed by atoms with van der Waals surface area (Å²) < 4.78 is 0.540. The Morgan fingerprint density at radius 2 is 1.70 bits per heavy atom. The highest BCUT2D eigenvalue weighted by atomic mass is 35.5. The van der Waals surface area contributed by atoms with Gasteiger partial charge in [-0.05, 0) is 35.9 Å². The van der Waals surface area contributed by atoms with E-state index in [0.717, 1.165) is 31.5 Å². The number of hydrazone groups is 1. The summed E-state index contributed by atoms with van der Waals surface area (Å²) in [6.45, 7) is 3.88. The quantitative estimate of drug-likeness (QED) is 0.607. The number of rotatable bonds is 4. The average molecular weight is 467 g/mol. The van der Waals surface area contributed by atoms with E-state index in [2.05, 4.69) is 12.5 Å². The first kappa shape index (κ1) is 21.4. The van der Waals surface area contributed by atoms with Gasteiger partial charge in [0, 0.05) is 28.8 Å². The Bertz CT molecular complexity index is 986. The second-order valence-electron chi connectivity index (χ2n) is 8.20. The minimum absolute atomic E-state index is 0.140. The molecule has 0 bridgehead atoms. The van der Waals surface area contributed by atoms with Crippen LogP contribution in [0.25, 0.3) is 0 Å². The molecule has 0 radical (unpaired) electrons. The summed E-state index contributed by atoms with van der Waals surface area (Å²) in [5.74, 6) is -0.287. The lowest BCUT2D eigenvalue weighted by Crippen LogP contribution is -2.57. The Labute approximate surface area is 191 Å². The van der Waals surface area contributed by atoms with Crippen molar-refractivity contribution in [2.75, 3.05) is 25.1 Å². The summed E-state index contributed by atoms with van der Waals surface area (Å²) in [5, 5.41) is 8.27. The van der Waals surface area contributed by atoms with Crippen molar-refractivity contribution in [2.45, 2.75) is 25.8 Å². The monoisotopic (exact) mass is 465 g/mol. The Kier molecular flexibility index (Phi) is 5.99. The first-order chi connectivity index (χ1) is 14.3. The Balaban J connectivity index is 1.72. The van der Waals surface area contributed by atoms with Gasteiger partial charge < -0.3 is 0 Å². The zero-order valence-electron chi connectivity index (χ0n) is 16.9. The fraction of sp³-hybridized carbons (Fsp3) is 0.364. The number of hydrogen-bond acceptors (Lipinski definition) is 3. The molecule has 1 N–H and O–H groups in total. The highest BCUT2D eigenvalue weighted by Gasteiger charge is 2.42. The van der Waals surface area contributed by atoms with Crippen molar-refractivity contribution in [2.24, 2.45) is 11.0 Å². The van der Waals surface area contributed by atoms with Crippen molar-refractivity contribution >= 4 is 52.1 Å². The van der Waals surface area contributed by atoms with Gasteiger partial charge in [0.05, 0.1) is 23.8 Å². The molecule has 2 aromatic rings. The molecular formula is C22H24Cl3N4O+. The highest BCUT2D eigenvalue weighted by Crippen LogP contribution is 2.42. The standard InChI is InChI=1S/C22H23Cl3N4O/c1-14-20(22(30)27-29(2)11-3-4-12-29)26-28(19-10-9-17(24)13-18(19)25)21(14)15-5-7-16(23)8-6-15/h5-10,13-14,21H,3-4,11-12H2,1-2H3/p+1/t14-,21-/m1/s1. The molecule has 2 aliphatic rings. The fourth-order valence-corrected chi connectivity index (χ4v) is 4.91. The highest BCUT2D eigenvalue weighted by molar-refractivity contribution is 6.40. The SMILES string of the molecule is C[C@@H]1C(C(=O)N[N+]2(C)CCCC2)=NN(c2ccc(Cl)cc2Cl)[C@H]1c1ccc(Cl)cc1. The van der Waals surface area contributed by atoms with Crippen LogP contribution in [0.4, 0.5) is 5.69 Å². The number of quaternary nitrogens is 1. The Morgan fingerprint density at radius 1 is 1.07 bits per heavy atom. The predicted octanol–water partition coefficient (Wildman–Crippen LogP) is 5.47. The van der Waals surface area contributed by atoms with E-state index in [1.54, 1.807) is 12.1 Å². The second-order valence-corrected chi connectivity index (χ2v) is 9.48. The van der Waals surface area contributed by atoms with Gasteiger partial charge in [-0.3, -0.25) is 9.80 Å². The molecule has 1 fully saturated rings. The van der Waals surface area contributed by atoms with Crippen LogP contribution in [-0.2, 0) is 4.79 Å². The molecule has 2 heterocycles. The smallest absolute Gasteiger partial charge is 0.263 e. The summed E-state index contributed by atoms with van der Waals surface area (Å²) >= 11 is 18.7. The second kappa shape index (κ2) is 8.39. The summed E-state index contributed by atoms with van der Waals surface area (Å²) in [6, 6.07) is 12.7. The number of nitrogens with one attached hydrogen (secondary N) is 1. The largest absolute Gasteiger partial charge is 0.312 e. The van der Waals surface area contributed by atoms with Gasteiger partial charge in [-0.15, -0.1) is 0 Å². The maximum Gasteiger partial charge on any atom is 0.312 e. The third-order valence-electron chi connectivity index (χ3n) is 5.91. The van der Waals surface area contributed by atoms with Crippen molar-refractivity contribution in [3.8, 4) is 0 Å². The van der Waals surface area contributed by atoms with E-state index in [9.17, 15) is 4.79 Å². The topological polar surface area (TPSA) is 44.7 Å². The zero-order valence-corrected chi connectivity index (χ0v) is 19.2. The predicted molar refractivity (Wildman–Crippen MR) is 123 cm³/mol. The lowest BCUT2D eigenvalue weighted by molar-refractivity contribution is -0.931. The average Bonchev–Trinajstić information content (AvgIpc) is 3.26. The third kappa shape index (κ3) is 4.17. The molecule has 158 valence electrons. The van der Waals surface area contributed by atoms with Gasteiger partial charge in [0.25, 0.3) is 0 Å². The van der Waals surface area contributed by atoms with Crippen molar-refractivity contribution in [3.63, 3.8) is 0 Å². The number of carbonyl (C=O) groups is 1. The van der Waals surface area contributed by atoms with Crippen LogP contribution in [0.15, 0.2) is 47.6 Å². The van der Waals surface area contributed by atoms with Crippen LogP contribution in [0.1, 0.15) is 31.4 Å². The van der Waals surface area contributed by atoms with Crippen molar-refractivity contribution in [3.05, 3.63) is 63.1 Å². The van der Waals surface area contributed by atoms with Gasteiger partial charge in [-0.25, -0.2) is 4.59 Å². The molecule has 2 aliphatic heterocycles. The van der Waals surface area contributed by atoms with Crippen LogP contribution in [0.2, 0.25) is 15.1 Å². The van der Waals surface area contributed by atoms with Gasteiger partial charge in [0.2, 0.25) is 0 Å². The number of halogens is 3. The molecule has 0 aliphatic carbocycles. The van der Waals surface area contributed by atoms with E-state index >= 15 is 0 Å². The fourth-order valence-electron chi connectivity index (χ4n) is 4.29. The number of carbonyl (C=O) groups excluding carboxylic acids is 1. The third-order valence-corrected chi connectivity index (χ3v) is 6.70. The van der Waals surface area contributed by atoms with E-state index in [4.69, 9.17) is 39.9 Å². The molecule has 1 saturated heterocycles. The van der Waals surface area contributed by atoms with Crippen molar-refractivity contribution < 1.29 is 9.39 Å². The number of amides is 1. The molecule has 0 aromatic heterocycles. The van der Waals surface area contributed by atoms with E-state index in [1.807, 2.05) is 42.3 Å². The molecule has 8 heteroatoms. The maximum atomic E-state index is 13.2. The summed E-state index contributed by atoms with van der Waals surface area (Å²) in [5.41, 5.74) is 5.37. The molecule has 0 spiro atoms. The van der Waals surface area contributed by atoms with Gasteiger partial charge in [0.1, 0.15) is 18.8 Å². The minimum atomic E-state index is -0.189. The van der Waals surface area contributed by atoms with Crippen LogP contribution in [0, 0.1) is 5.92 Å². The Hall–Kier alpha value is -1.79. The van der Waals surface area contributed by atoms with Gasteiger partial charge >= 0.3 is 5.91 Å². The normalized spacial score (nSPS) is 22.8. The van der Waals surface area contributed by atoms with Gasteiger partial charge in [0.15, 0.2) is 0 Å². The molecule has 5 nitrogen and oxygen atoms in total. The summed E-state index contributed by atoms with van der Waals surface area (Å²) in [7, 11) is 2.05. The van der Waals surface area contributed by atoms with E-state index in [0.29, 0.717) is 31.1 Å². The van der Waals surface area contributed by atoms with Crippen LogP contribution in [-0.4, -0.2) is 36.3 Å². The molecule has 0 saturated carbocycles. The zero-order chi connectivity index (χ0) is 21.5. The summed E-state index contributed by atoms with van der Waals surface area (Å²) in [6.07, 6.45) is 2.22. The van der Waals surface area contributed by atoms with E-state index in [-0.39, 0.29) is 17.9 Å². The molecule has 30 heavy (non-hydrogen) atoms. The number of hydrogen-bond donors (Lipinski definition) is 1. The number of likely N-dealkylation sites (tertiary alicyclic amines) is 1. The molecule has 0 unspecified atom stereocenters. The van der Waals surface area contributed by atoms with Crippen LogP contribution >= 0.6 is 34.8 Å². The molecular weight excluding hydrogens is 443 g/mol. The lowest BCUT2D eigenvalue weighted by Gasteiger charge is -2.29. The first-order valence-electron chi connectivity index (χ1n) is 10.0. The van der Waals surface area contributed by atoms with Crippen LogP contribution in [0.3, 0.4) is 0 Å². The van der Waals surface area contributed by atoms with Crippen LogP contribution < -0.4 is 10.4 Å². The van der Waals surface area contributed by atoms with E-state index in [1.165, 1.54) is 0 Å². The maximum absolute atomic E-state index is 13.2. The van der Waals surface area contributed by atoms with Gasteiger partial charge in [-0.2, -0.15) is 10.5 Å². The number of anilines is 1. The summed E-state index contributed by atoms with van der Waals surface area (Å²) in [4.78, 5) is 13.2. The van der Waals surface area contributed by atoms with Crippen LogP contribution in [0.5, 0.6) is 0 Å². The molecule has 1 amide bonds. The lowest BCUT2D eigenvalue weighted by atomic mass is 9.91. The Morgan fingerprint density at radius 3 is 2.33 bits per heavy atom. The number of benzene rings is 2. The molecule has 2 atom stereocenters. The molecule has 4 rings (SSSR count). The minimum Gasteiger partial charge on any atom is -0.263 e.